The minimum atomic E-state index is -1.45. The number of pyridine rings is 1. The van der Waals surface area contributed by atoms with Crippen molar-refractivity contribution in [1.82, 2.24) is 15.6 Å². The number of benzene rings is 1. The SMILES string of the molecule is OC(O)c1ccnc(CNCCCNCCOc2ccccc2)c1. The van der Waals surface area contributed by atoms with Gasteiger partial charge in [0.1, 0.15) is 12.4 Å². The summed E-state index contributed by atoms with van der Waals surface area (Å²) in [5.41, 5.74) is 1.26. The normalized spacial score (nSPS) is 11.0. The first-order valence-electron chi connectivity index (χ1n) is 8.16. The summed E-state index contributed by atoms with van der Waals surface area (Å²) in [6.07, 6.45) is 1.13. The lowest BCUT2D eigenvalue weighted by Crippen LogP contribution is -2.25. The summed E-state index contributed by atoms with van der Waals surface area (Å²) >= 11 is 0. The van der Waals surface area contributed by atoms with E-state index in [2.05, 4.69) is 15.6 Å². The number of rotatable bonds is 11. The van der Waals surface area contributed by atoms with Gasteiger partial charge in [0.15, 0.2) is 6.29 Å². The molecule has 6 heteroatoms. The molecule has 0 amide bonds. The molecule has 0 saturated carbocycles. The summed E-state index contributed by atoms with van der Waals surface area (Å²) in [4.78, 5) is 4.19. The van der Waals surface area contributed by atoms with Gasteiger partial charge in [0.05, 0.1) is 5.69 Å². The van der Waals surface area contributed by atoms with Gasteiger partial charge in [0.2, 0.25) is 0 Å². The van der Waals surface area contributed by atoms with Crippen LogP contribution in [0.1, 0.15) is 24.0 Å². The third kappa shape index (κ3) is 7.06. The number of para-hydroxylation sites is 1. The number of aliphatic hydroxyl groups excluding tert-OH is 1. The zero-order valence-corrected chi connectivity index (χ0v) is 13.7. The van der Waals surface area contributed by atoms with Gasteiger partial charge in [-0.2, -0.15) is 0 Å². The van der Waals surface area contributed by atoms with E-state index in [1.165, 1.54) is 0 Å². The van der Waals surface area contributed by atoms with Crippen LogP contribution in [0.3, 0.4) is 0 Å². The first kappa shape index (κ1) is 18.4. The predicted molar refractivity (Wildman–Crippen MR) is 92.5 cm³/mol. The number of nitrogens with one attached hydrogen (secondary N) is 2. The Kier molecular flexibility index (Phi) is 8.20. The molecule has 2 rings (SSSR count). The van der Waals surface area contributed by atoms with Crippen LogP contribution in [0.5, 0.6) is 5.75 Å². The maximum Gasteiger partial charge on any atom is 0.178 e. The van der Waals surface area contributed by atoms with Crippen molar-refractivity contribution in [2.24, 2.45) is 0 Å². The Balaban J connectivity index is 1.47. The van der Waals surface area contributed by atoms with Crippen molar-refractivity contribution in [3.05, 3.63) is 59.9 Å². The van der Waals surface area contributed by atoms with Gasteiger partial charge >= 0.3 is 0 Å². The van der Waals surface area contributed by atoms with Crippen LogP contribution in [-0.4, -0.2) is 41.4 Å². The Morgan fingerprint density at radius 2 is 1.79 bits per heavy atom. The van der Waals surface area contributed by atoms with Crippen LogP contribution in [0.15, 0.2) is 48.7 Å². The maximum atomic E-state index is 9.12. The summed E-state index contributed by atoms with van der Waals surface area (Å²) in [5.74, 6) is 0.892. The van der Waals surface area contributed by atoms with Crippen molar-refractivity contribution in [2.45, 2.75) is 19.3 Å². The average molecular weight is 331 g/mol. The van der Waals surface area contributed by atoms with Crippen LogP contribution in [0.4, 0.5) is 0 Å². The van der Waals surface area contributed by atoms with E-state index in [0.717, 1.165) is 37.5 Å². The third-order valence-electron chi connectivity index (χ3n) is 3.44. The van der Waals surface area contributed by atoms with Crippen LogP contribution in [-0.2, 0) is 6.54 Å². The highest BCUT2D eigenvalue weighted by molar-refractivity contribution is 5.20. The van der Waals surface area contributed by atoms with Crippen molar-refractivity contribution < 1.29 is 14.9 Å². The fraction of sp³-hybridized carbons (Fsp3) is 0.389. The van der Waals surface area contributed by atoms with Crippen molar-refractivity contribution in [2.75, 3.05) is 26.2 Å². The molecule has 4 N–H and O–H groups in total. The highest BCUT2D eigenvalue weighted by atomic mass is 16.5. The molecule has 0 unspecified atom stereocenters. The third-order valence-corrected chi connectivity index (χ3v) is 3.44. The summed E-state index contributed by atoms with van der Waals surface area (Å²) < 4.78 is 5.59. The molecule has 0 aliphatic heterocycles. The van der Waals surface area contributed by atoms with Crippen LogP contribution in [0, 0.1) is 0 Å². The van der Waals surface area contributed by atoms with Gasteiger partial charge in [-0.3, -0.25) is 4.98 Å². The molecule has 0 atom stereocenters. The van der Waals surface area contributed by atoms with Gasteiger partial charge in [0.25, 0.3) is 0 Å². The van der Waals surface area contributed by atoms with Gasteiger partial charge in [-0.15, -0.1) is 0 Å². The van der Waals surface area contributed by atoms with E-state index in [1.807, 2.05) is 30.3 Å². The monoisotopic (exact) mass is 331 g/mol. The molecule has 0 radical (unpaired) electrons. The summed E-state index contributed by atoms with van der Waals surface area (Å²) in [7, 11) is 0. The van der Waals surface area contributed by atoms with Crippen LogP contribution >= 0.6 is 0 Å². The highest BCUT2D eigenvalue weighted by Crippen LogP contribution is 2.09. The molecule has 1 aromatic carbocycles. The van der Waals surface area contributed by atoms with E-state index in [0.29, 0.717) is 18.7 Å². The van der Waals surface area contributed by atoms with Crippen molar-refractivity contribution >= 4 is 0 Å². The van der Waals surface area contributed by atoms with Crippen molar-refractivity contribution in [3.63, 3.8) is 0 Å². The second kappa shape index (κ2) is 10.7. The largest absolute Gasteiger partial charge is 0.492 e. The number of ether oxygens (including phenoxy) is 1. The molecule has 24 heavy (non-hydrogen) atoms. The molecule has 1 aromatic heterocycles. The molecule has 0 aliphatic carbocycles. The molecular formula is C18H25N3O3. The topological polar surface area (TPSA) is 86.6 Å². The smallest absolute Gasteiger partial charge is 0.178 e. The van der Waals surface area contributed by atoms with E-state index < -0.39 is 6.29 Å². The standard InChI is InChI=1S/C18H25N3O3/c22-18(23)15-7-10-21-16(13-15)14-20-9-4-8-19-11-12-24-17-5-2-1-3-6-17/h1-3,5-7,10,13,18-20,22-23H,4,8-9,11-12,14H2. The van der Waals surface area contributed by atoms with Gasteiger partial charge in [0, 0.05) is 24.8 Å². The average Bonchev–Trinajstić information content (AvgIpc) is 2.61. The number of hydrogen-bond donors (Lipinski definition) is 4. The van der Waals surface area contributed by atoms with Gasteiger partial charge in [-0.25, -0.2) is 0 Å². The first-order chi connectivity index (χ1) is 11.8. The Bertz CT molecular complexity index is 579. The minimum Gasteiger partial charge on any atom is -0.492 e. The summed E-state index contributed by atoms with van der Waals surface area (Å²) in [6, 6.07) is 13.1. The first-order valence-corrected chi connectivity index (χ1v) is 8.16. The zero-order chi connectivity index (χ0) is 17.0. The molecule has 0 spiro atoms. The number of aromatic nitrogens is 1. The Labute approximate surface area is 142 Å². The molecule has 0 saturated heterocycles. The van der Waals surface area contributed by atoms with Gasteiger partial charge in [-0.1, -0.05) is 18.2 Å². The molecule has 6 nitrogen and oxygen atoms in total. The van der Waals surface area contributed by atoms with E-state index in [4.69, 9.17) is 14.9 Å². The van der Waals surface area contributed by atoms with E-state index in [9.17, 15) is 0 Å². The number of aliphatic hydroxyl groups is 2. The predicted octanol–water partition coefficient (Wildman–Crippen LogP) is 1.21. The molecule has 0 aliphatic rings. The lowest BCUT2D eigenvalue weighted by atomic mass is 10.2. The molecule has 0 bridgehead atoms. The van der Waals surface area contributed by atoms with Crippen LogP contribution < -0.4 is 15.4 Å². The lowest BCUT2D eigenvalue weighted by molar-refractivity contribution is -0.0426. The van der Waals surface area contributed by atoms with Crippen molar-refractivity contribution in [3.8, 4) is 5.75 Å². The highest BCUT2D eigenvalue weighted by Gasteiger charge is 2.03. The van der Waals surface area contributed by atoms with E-state index >= 15 is 0 Å². The molecule has 1 heterocycles. The summed E-state index contributed by atoms with van der Waals surface area (Å²) in [5, 5.41) is 24.9. The zero-order valence-electron chi connectivity index (χ0n) is 13.7. The summed E-state index contributed by atoms with van der Waals surface area (Å²) in [6.45, 7) is 3.84. The number of nitrogens with zero attached hydrogens (tertiary/aromatic N) is 1. The Hall–Kier alpha value is -1.99. The fourth-order valence-electron chi connectivity index (χ4n) is 2.19. The van der Waals surface area contributed by atoms with Crippen molar-refractivity contribution in [1.29, 1.82) is 0 Å². The minimum absolute atomic E-state index is 0.460. The van der Waals surface area contributed by atoms with Crippen LogP contribution in [0.2, 0.25) is 0 Å². The van der Waals surface area contributed by atoms with Crippen LogP contribution in [0.25, 0.3) is 0 Å². The van der Waals surface area contributed by atoms with Gasteiger partial charge in [-0.05, 0) is 43.8 Å². The lowest BCUT2D eigenvalue weighted by Gasteiger charge is -2.09. The Morgan fingerprint density at radius 1 is 1.00 bits per heavy atom. The van der Waals surface area contributed by atoms with Gasteiger partial charge < -0.3 is 25.6 Å². The molecule has 130 valence electrons. The molecular weight excluding hydrogens is 306 g/mol. The maximum absolute atomic E-state index is 9.12. The van der Waals surface area contributed by atoms with E-state index in [-0.39, 0.29) is 0 Å². The molecule has 2 aromatic rings. The van der Waals surface area contributed by atoms with E-state index in [1.54, 1.807) is 18.3 Å². The fourth-order valence-corrected chi connectivity index (χ4v) is 2.19. The second-order valence-corrected chi connectivity index (χ2v) is 5.40. The number of hydrogen-bond acceptors (Lipinski definition) is 6. The quantitative estimate of drug-likeness (QED) is 0.366. The molecule has 0 fully saturated rings. The second-order valence-electron chi connectivity index (χ2n) is 5.40. The Morgan fingerprint density at radius 3 is 2.58 bits per heavy atom.